The SMILES string of the molecule is Fc1ccccc1C1CCC(F)CN1. The van der Waals surface area contributed by atoms with Crippen molar-refractivity contribution >= 4 is 0 Å². The number of nitrogens with one attached hydrogen (secondary N) is 1. The molecule has 3 heteroatoms. The molecule has 1 aromatic carbocycles. The van der Waals surface area contributed by atoms with E-state index in [0.717, 1.165) is 0 Å². The van der Waals surface area contributed by atoms with E-state index in [9.17, 15) is 8.78 Å². The molecule has 0 aliphatic carbocycles. The molecule has 1 saturated heterocycles. The zero-order valence-electron chi connectivity index (χ0n) is 7.84. The predicted octanol–water partition coefficient (Wildman–Crippen LogP) is 2.59. The number of alkyl halides is 1. The van der Waals surface area contributed by atoms with Crippen LogP contribution in [0.3, 0.4) is 0 Å². The van der Waals surface area contributed by atoms with Gasteiger partial charge >= 0.3 is 0 Å². The number of rotatable bonds is 1. The third-order valence-electron chi connectivity index (χ3n) is 2.63. The lowest BCUT2D eigenvalue weighted by Crippen LogP contribution is -2.34. The molecule has 14 heavy (non-hydrogen) atoms. The smallest absolute Gasteiger partial charge is 0.127 e. The number of hydrogen-bond acceptors (Lipinski definition) is 1. The van der Waals surface area contributed by atoms with E-state index in [1.807, 2.05) is 6.07 Å². The molecular weight excluding hydrogens is 184 g/mol. The summed E-state index contributed by atoms with van der Waals surface area (Å²) in [7, 11) is 0. The Balaban J connectivity index is 2.12. The maximum absolute atomic E-state index is 13.3. The standard InChI is InChI=1S/C11H13F2N/c12-8-5-6-11(14-7-8)9-3-1-2-4-10(9)13/h1-4,8,11,14H,5-7H2. The molecule has 1 fully saturated rings. The summed E-state index contributed by atoms with van der Waals surface area (Å²) in [5.41, 5.74) is 0.652. The zero-order valence-corrected chi connectivity index (χ0v) is 7.84. The second kappa shape index (κ2) is 4.05. The van der Waals surface area contributed by atoms with Gasteiger partial charge in [0.25, 0.3) is 0 Å². The first-order chi connectivity index (χ1) is 6.77. The summed E-state index contributed by atoms with van der Waals surface area (Å²) in [4.78, 5) is 0. The highest BCUT2D eigenvalue weighted by Gasteiger charge is 2.22. The molecule has 0 saturated carbocycles. The summed E-state index contributed by atoms with van der Waals surface area (Å²) in [5, 5.41) is 3.01. The molecule has 1 aliphatic heterocycles. The van der Waals surface area contributed by atoms with Crippen molar-refractivity contribution in [2.24, 2.45) is 0 Å². The lowest BCUT2D eigenvalue weighted by atomic mass is 9.96. The van der Waals surface area contributed by atoms with Gasteiger partial charge in [0.2, 0.25) is 0 Å². The minimum absolute atomic E-state index is 0.0248. The summed E-state index contributed by atoms with van der Waals surface area (Å²) in [6, 6.07) is 6.65. The van der Waals surface area contributed by atoms with E-state index in [2.05, 4.69) is 5.32 Å². The molecular formula is C11H13F2N. The Kier molecular flexibility index (Phi) is 2.77. The molecule has 1 heterocycles. The van der Waals surface area contributed by atoms with E-state index >= 15 is 0 Å². The van der Waals surface area contributed by atoms with Crippen LogP contribution < -0.4 is 5.32 Å². The highest BCUT2D eigenvalue weighted by atomic mass is 19.1. The quantitative estimate of drug-likeness (QED) is 0.729. The van der Waals surface area contributed by atoms with Gasteiger partial charge in [0, 0.05) is 18.2 Å². The first-order valence-electron chi connectivity index (χ1n) is 4.89. The third-order valence-corrected chi connectivity index (χ3v) is 2.63. The van der Waals surface area contributed by atoms with Crippen LogP contribution in [0, 0.1) is 5.82 Å². The van der Waals surface area contributed by atoms with Gasteiger partial charge in [0.1, 0.15) is 12.0 Å². The Morgan fingerprint density at radius 1 is 1.21 bits per heavy atom. The summed E-state index contributed by atoms with van der Waals surface area (Å²) < 4.78 is 26.2. The molecule has 1 nitrogen and oxygen atoms in total. The van der Waals surface area contributed by atoms with E-state index in [0.29, 0.717) is 24.9 Å². The topological polar surface area (TPSA) is 12.0 Å². The van der Waals surface area contributed by atoms with Gasteiger partial charge in [-0.05, 0) is 18.9 Å². The Morgan fingerprint density at radius 3 is 2.64 bits per heavy atom. The van der Waals surface area contributed by atoms with Crippen molar-refractivity contribution < 1.29 is 8.78 Å². The first-order valence-corrected chi connectivity index (χ1v) is 4.89. The van der Waals surface area contributed by atoms with E-state index in [4.69, 9.17) is 0 Å². The van der Waals surface area contributed by atoms with Gasteiger partial charge in [0.15, 0.2) is 0 Å². The second-order valence-corrected chi connectivity index (χ2v) is 3.66. The van der Waals surface area contributed by atoms with Crippen LogP contribution in [0.25, 0.3) is 0 Å². The molecule has 2 rings (SSSR count). The summed E-state index contributed by atoms with van der Waals surface area (Å²) in [5.74, 6) is -0.206. The molecule has 0 amide bonds. The molecule has 76 valence electrons. The number of piperidine rings is 1. The maximum Gasteiger partial charge on any atom is 0.127 e. The van der Waals surface area contributed by atoms with E-state index < -0.39 is 6.17 Å². The van der Waals surface area contributed by atoms with Gasteiger partial charge < -0.3 is 5.32 Å². The van der Waals surface area contributed by atoms with E-state index in [-0.39, 0.29) is 11.9 Å². The Hall–Kier alpha value is -0.960. The van der Waals surface area contributed by atoms with Crippen molar-refractivity contribution in [3.05, 3.63) is 35.6 Å². The average molecular weight is 197 g/mol. The van der Waals surface area contributed by atoms with Crippen LogP contribution in [0.1, 0.15) is 24.4 Å². The highest BCUT2D eigenvalue weighted by molar-refractivity contribution is 5.21. The lowest BCUT2D eigenvalue weighted by molar-refractivity contribution is 0.232. The molecule has 0 bridgehead atoms. The van der Waals surface area contributed by atoms with Crippen molar-refractivity contribution in [2.45, 2.75) is 25.1 Å². The Bertz CT molecular complexity index is 306. The van der Waals surface area contributed by atoms with Gasteiger partial charge in [-0.25, -0.2) is 8.78 Å². The van der Waals surface area contributed by atoms with Gasteiger partial charge in [-0.1, -0.05) is 18.2 Å². The molecule has 0 spiro atoms. The van der Waals surface area contributed by atoms with Gasteiger partial charge in [-0.15, -0.1) is 0 Å². The van der Waals surface area contributed by atoms with Crippen LogP contribution in [0.15, 0.2) is 24.3 Å². The average Bonchev–Trinajstić information content (AvgIpc) is 2.20. The third kappa shape index (κ3) is 1.93. The molecule has 0 radical (unpaired) electrons. The van der Waals surface area contributed by atoms with Crippen molar-refractivity contribution in [3.63, 3.8) is 0 Å². The number of hydrogen-bond donors (Lipinski definition) is 1. The van der Waals surface area contributed by atoms with Crippen LogP contribution >= 0.6 is 0 Å². The van der Waals surface area contributed by atoms with Crippen molar-refractivity contribution in [3.8, 4) is 0 Å². The van der Waals surface area contributed by atoms with Crippen molar-refractivity contribution in [1.82, 2.24) is 5.32 Å². The van der Waals surface area contributed by atoms with Crippen molar-refractivity contribution in [2.75, 3.05) is 6.54 Å². The summed E-state index contributed by atoms with van der Waals surface area (Å²) >= 11 is 0. The fourth-order valence-electron chi connectivity index (χ4n) is 1.84. The first kappa shape index (κ1) is 9.59. The van der Waals surface area contributed by atoms with E-state index in [1.54, 1.807) is 12.1 Å². The van der Waals surface area contributed by atoms with Crippen LogP contribution in [0.5, 0.6) is 0 Å². The normalized spacial score (nSPS) is 27.6. The van der Waals surface area contributed by atoms with Crippen LogP contribution in [-0.4, -0.2) is 12.7 Å². The minimum Gasteiger partial charge on any atom is -0.307 e. The number of benzene rings is 1. The van der Waals surface area contributed by atoms with E-state index in [1.165, 1.54) is 6.07 Å². The van der Waals surface area contributed by atoms with Crippen LogP contribution in [0.2, 0.25) is 0 Å². The fraction of sp³-hybridized carbons (Fsp3) is 0.455. The molecule has 1 N–H and O–H groups in total. The molecule has 1 aliphatic rings. The molecule has 0 aromatic heterocycles. The molecule has 2 atom stereocenters. The van der Waals surface area contributed by atoms with Crippen LogP contribution in [0.4, 0.5) is 8.78 Å². The Morgan fingerprint density at radius 2 is 2.00 bits per heavy atom. The minimum atomic E-state index is -0.780. The summed E-state index contributed by atoms with van der Waals surface area (Å²) in [6.07, 6.45) is 0.409. The monoisotopic (exact) mass is 197 g/mol. The van der Waals surface area contributed by atoms with Crippen LogP contribution in [-0.2, 0) is 0 Å². The second-order valence-electron chi connectivity index (χ2n) is 3.66. The lowest BCUT2D eigenvalue weighted by Gasteiger charge is -2.26. The highest BCUT2D eigenvalue weighted by Crippen LogP contribution is 2.25. The van der Waals surface area contributed by atoms with Gasteiger partial charge in [-0.3, -0.25) is 0 Å². The number of halogens is 2. The van der Waals surface area contributed by atoms with Gasteiger partial charge in [0.05, 0.1) is 0 Å². The van der Waals surface area contributed by atoms with Gasteiger partial charge in [-0.2, -0.15) is 0 Å². The largest absolute Gasteiger partial charge is 0.307 e. The predicted molar refractivity (Wildman–Crippen MR) is 51.3 cm³/mol. The van der Waals surface area contributed by atoms with Crippen molar-refractivity contribution in [1.29, 1.82) is 0 Å². The Labute approximate surface area is 82.1 Å². The molecule has 1 aromatic rings. The summed E-state index contributed by atoms with van der Waals surface area (Å²) in [6.45, 7) is 0.332. The fourth-order valence-corrected chi connectivity index (χ4v) is 1.84. The maximum atomic E-state index is 13.3. The zero-order chi connectivity index (χ0) is 9.97. The molecule has 2 unspecified atom stereocenters.